The fourth-order valence-electron chi connectivity index (χ4n) is 9.20. The average Bonchev–Trinajstić information content (AvgIpc) is 3.99. The van der Waals surface area contributed by atoms with Crippen LogP contribution in [-0.2, 0) is 25.4 Å². The molecule has 1 amide bonds. The summed E-state index contributed by atoms with van der Waals surface area (Å²) < 4.78 is 62.1. The van der Waals surface area contributed by atoms with E-state index in [1.165, 1.54) is 42.0 Å². The van der Waals surface area contributed by atoms with Gasteiger partial charge in [-0.25, -0.2) is 13.9 Å². The summed E-state index contributed by atoms with van der Waals surface area (Å²) in [6.07, 6.45) is 5.25. The third-order valence-electron chi connectivity index (χ3n) is 13.4. The van der Waals surface area contributed by atoms with Crippen molar-refractivity contribution in [3.8, 4) is 5.69 Å². The summed E-state index contributed by atoms with van der Waals surface area (Å²) in [4.78, 5) is 28.0. The number of amides is 1. The van der Waals surface area contributed by atoms with Gasteiger partial charge in [-0.15, -0.1) is 6.04 Å². The molecule has 3 N–H and O–H groups in total. The average molecular weight is 957 g/mol. The number of halogens is 5. The van der Waals surface area contributed by atoms with Crippen molar-refractivity contribution in [2.24, 2.45) is 0 Å². The zero-order chi connectivity index (χ0) is 49.1. The number of hydrogen-bond donors (Lipinski definition) is 2. The second kappa shape index (κ2) is 23.0. The van der Waals surface area contributed by atoms with Crippen molar-refractivity contribution in [1.82, 2.24) is 24.9 Å². The van der Waals surface area contributed by atoms with Crippen LogP contribution >= 0.6 is 11.6 Å². The fraction of sp³-hybridized carbons (Fsp3) is 0.377. The van der Waals surface area contributed by atoms with Gasteiger partial charge in [-0.2, -0.15) is 18.3 Å². The lowest BCUT2D eigenvalue weighted by Crippen LogP contribution is -2.52. The Bertz CT molecular complexity index is 2530. The molecule has 2 aromatic heterocycles. The first-order chi connectivity index (χ1) is 32.4. The van der Waals surface area contributed by atoms with E-state index in [2.05, 4.69) is 64.6 Å². The maximum Gasteiger partial charge on any atom is 0.434 e. The minimum atomic E-state index is -4.80. The number of rotatable bonds is 12. The molecule has 6 aromatic rings. The minimum Gasteiger partial charge on any atom is -0.675 e. The molecule has 68 heavy (non-hydrogen) atoms. The first kappa shape index (κ1) is 51.6. The lowest BCUT2D eigenvalue weighted by Gasteiger charge is -2.46. The third kappa shape index (κ3) is 13.5. The highest BCUT2D eigenvalue weighted by atomic mass is 35.5. The molecule has 2 heterocycles. The van der Waals surface area contributed by atoms with Crippen LogP contribution in [0.3, 0.4) is 0 Å². The molecule has 0 unspecified atom stereocenters. The zero-order valence-corrected chi connectivity index (χ0v) is 39.7. The summed E-state index contributed by atoms with van der Waals surface area (Å²) in [5.74, 6) is -1.46. The Kier molecular flexibility index (Phi) is 17.4. The predicted molar refractivity (Wildman–Crippen MR) is 258 cm³/mol. The van der Waals surface area contributed by atoms with Gasteiger partial charge in [0.05, 0.1) is 17.4 Å². The van der Waals surface area contributed by atoms with E-state index in [0.717, 1.165) is 43.9 Å². The van der Waals surface area contributed by atoms with Crippen LogP contribution in [-0.4, -0.2) is 87.9 Å². The molecule has 10 nitrogen and oxygen atoms in total. The highest BCUT2D eigenvalue weighted by Crippen LogP contribution is 2.38. The molecular formula is C53H60ClF4N6O4-. The quantitative estimate of drug-likeness (QED) is 0.117. The van der Waals surface area contributed by atoms with E-state index < -0.39 is 29.3 Å². The van der Waals surface area contributed by atoms with Gasteiger partial charge in [-0.05, 0) is 139 Å². The maximum absolute atomic E-state index is 14.3. The maximum atomic E-state index is 14.3. The second-order valence-corrected chi connectivity index (χ2v) is 18.7. The first-order valence-corrected chi connectivity index (χ1v) is 23.2. The van der Waals surface area contributed by atoms with Crippen LogP contribution in [0.4, 0.5) is 17.6 Å². The molecule has 0 saturated heterocycles. The Balaban J connectivity index is 0.000000195. The molecule has 362 valence electrons. The van der Waals surface area contributed by atoms with Crippen molar-refractivity contribution in [3.63, 3.8) is 0 Å². The van der Waals surface area contributed by atoms with Gasteiger partial charge in [0, 0.05) is 28.6 Å². The summed E-state index contributed by atoms with van der Waals surface area (Å²) in [6.45, 7) is 0. The molecule has 8 rings (SSSR count). The van der Waals surface area contributed by atoms with Crippen molar-refractivity contribution in [1.29, 1.82) is 0 Å². The molecule has 2 aliphatic rings. The molecule has 4 aromatic carbocycles. The van der Waals surface area contributed by atoms with Gasteiger partial charge in [0.1, 0.15) is 11.6 Å². The van der Waals surface area contributed by atoms with E-state index in [1.54, 1.807) is 24.3 Å². The Morgan fingerprint density at radius 2 is 1.32 bits per heavy atom. The van der Waals surface area contributed by atoms with Gasteiger partial charge in [-0.1, -0.05) is 103 Å². The number of nitrogens with zero attached hydrogens (tertiary/aromatic N) is 4. The Labute approximate surface area is 401 Å². The molecule has 0 radical (unpaired) electrons. The van der Waals surface area contributed by atoms with Crippen molar-refractivity contribution < 1.29 is 36.7 Å². The summed E-state index contributed by atoms with van der Waals surface area (Å²) in [6, 6.07) is 35.9. The first-order valence-electron chi connectivity index (χ1n) is 22.8. The zero-order valence-electron chi connectivity index (χ0n) is 38.9. The molecular weight excluding hydrogens is 896 g/mol. The highest BCUT2D eigenvalue weighted by molar-refractivity contribution is 6.30. The fourth-order valence-corrected chi connectivity index (χ4v) is 9.33. The predicted octanol–water partition coefficient (Wildman–Crippen LogP) is 12.0. The molecule has 2 saturated carbocycles. The highest BCUT2D eigenvalue weighted by Gasteiger charge is 2.42. The van der Waals surface area contributed by atoms with Crippen molar-refractivity contribution >= 4 is 23.5 Å². The summed E-state index contributed by atoms with van der Waals surface area (Å²) in [5.41, 5.74) is 9.44. The number of benzene rings is 4. The van der Waals surface area contributed by atoms with Crippen molar-refractivity contribution in [2.75, 3.05) is 28.2 Å². The second-order valence-electron chi connectivity index (χ2n) is 18.2. The van der Waals surface area contributed by atoms with Gasteiger partial charge in [0.25, 0.3) is 5.91 Å². The molecule has 0 spiro atoms. The van der Waals surface area contributed by atoms with Crippen LogP contribution in [0.2, 0.25) is 5.02 Å². The van der Waals surface area contributed by atoms with E-state index in [4.69, 9.17) is 26.9 Å². The molecule has 2 fully saturated rings. The SMILES string of the molecule is CN(C)C1(Cc2ccccc2)CCC([NH-])CC1.CN(C)C1(Cc2ccccc2F)CCC(NC(=O)c2cnn(-c3ccc(Cl)cc3)c2C(F)(F)F)CC1.O=C(O)c1ccc(Cc2ccccc2)o1. The number of aromatic carboxylic acids is 1. The van der Waals surface area contributed by atoms with E-state index >= 15 is 0 Å². The van der Waals surface area contributed by atoms with Crippen molar-refractivity contribution in [3.05, 3.63) is 184 Å². The Hall–Kier alpha value is -5.80. The Morgan fingerprint density at radius 1 is 0.779 bits per heavy atom. The number of nitrogens with one attached hydrogen (secondary N) is 2. The normalized spacial score (nSPS) is 20.5. The lowest BCUT2D eigenvalue weighted by molar-refractivity contribution is -0.143. The summed E-state index contributed by atoms with van der Waals surface area (Å²) >= 11 is 5.85. The van der Waals surface area contributed by atoms with Crippen LogP contribution in [0.25, 0.3) is 11.4 Å². The van der Waals surface area contributed by atoms with Gasteiger partial charge in [-0.3, -0.25) is 4.79 Å². The lowest BCUT2D eigenvalue weighted by atomic mass is 9.74. The molecule has 0 aliphatic heterocycles. The van der Waals surface area contributed by atoms with Crippen LogP contribution in [0, 0.1) is 5.82 Å². The standard InChI is InChI=1S/C26H27ClF4N4O.C15H23N2.C12H10O3/c1-34(2)25(15-17-5-3-4-6-22(17)28)13-11-19(12-14-25)33-24(36)21-16-32-35(23(21)26(29,30)31)20-9-7-18(27)8-10-20;1-17(2)15(10-8-14(16)9-11-15)12-13-6-4-3-5-7-13;13-12(14)11-7-6-10(15-11)8-9-4-2-1-3-5-9/h3-10,16,19H,11-15H2,1-2H3,(H,33,36);3-7,14,16H,8-12H2,1-2H3;1-7H,8H2,(H,13,14)/q;-1;. The minimum absolute atomic E-state index is 0.0130. The van der Waals surface area contributed by atoms with Crippen LogP contribution < -0.4 is 5.32 Å². The van der Waals surface area contributed by atoms with E-state index in [-0.39, 0.29) is 40.4 Å². The third-order valence-corrected chi connectivity index (χ3v) is 13.6. The van der Waals surface area contributed by atoms with Gasteiger partial charge in [0.2, 0.25) is 5.76 Å². The molecule has 15 heteroatoms. The van der Waals surface area contributed by atoms with E-state index in [9.17, 15) is 27.2 Å². The smallest absolute Gasteiger partial charge is 0.434 e. The number of furan rings is 1. The number of carbonyl (C=O) groups excluding carboxylic acids is 1. The number of carbonyl (C=O) groups is 2. The molecule has 2 aliphatic carbocycles. The summed E-state index contributed by atoms with van der Waals surface area (Å²) in [5, 5.41) is 15.7. The van der Waals surface area contributed by atoms with Crippen molar-refractivity contribution in [2.45, 2.75) is 100.0 Å². The van der Waals surface area contributed by atoms with Crippen LogP contribution in [0.1, 0.15) is 100 Å². The topological polar surface area (TPSA) is 128 Å². The van der Waals surface area contributed by atoms with Gasteiger partial charge < -0.3 is 30.4 Å². The number of likely N-dealkylation sites (N-methyl/N-ethyl adjacent to an activating group) is 2. The van der Waals surface area contributed by atoms with Crippen LogP contribution in [0.15, 0.2) is 132 Å². The number of carboxylic acids is 1. The Morgan fingerprint density at radius 3 is 1.87 bits per heavy atom. The van der Waals surface area contributed by atoms with Crippen LogP contribution in [0.5, 0.6) is 0 Å². The number of carboxylic acid groups (broad SMARTS) is 1. The van der Waals surface area contributed by atoms with E-state index in [1.807, 2.05) is 44.4 Å². The molecule has 0 atom stereocenters. The number of aromatic nitrogens is 2. The van der Waals surface area contributed by atoms with Gasteiger partial charge >= 0.3 is 12.1 Å². The largest absolute Gasteiger partial charge is 0.675 e. The summed E-state index contributed by atoms with van der Waals surface area (Å²) in [7, 11) is 8.27. The molecule has 0 bridgehead atoms. The number of alkyl halides is 3. The number of hydrogen-bond acceptors (Lipinski definition) is 6. The van der Waals surface area contributed by atoms with E-state index in [0.29, 0.717) is 59.6 Å². The monoisotopic (exact) mass is 955 g/mol. The van der Waals surface area contributed by atoms with Gasteiger partial charge in [0.15, 0.2) is 5.69 Å².